The van der Waals surface area contributed by atoms with Crippen molar-refractivity contribution in [3.63, 3.8) is 0 Å². The Hall–Kier alpha value is -1.59. The number of amidine groups is 1. The summed E-state index contributed by atoms with van der Waals surface area (Å²) in [5, 5.41) is 6.17. The topological polar surface area (TPSA) is 62.7 Å². The molecular weight excluding hydrogens is 278 g/mol. The number of halogens is 1. The molecule has 1 amide bonds. The lowest BCUT2D eigenvalue weighted by Crippen LogP contribution is -2.47. The van der Waals surface area contributed by atoms with Gasteiger partial charge in [0.1, 0.15) is 17.1 Å². The number of carbonyl (C=O) groups is 1. The number of benzene rings is 1. The summed E-state index contributed by atoms with van der Waals surface area (Å²) in [5.41, 5.74) is 0.326. The molecule has 3 rings (SSSR count). The van der Waals surface area contributed by atoms with Crippen LogP contribution >= 0.6 is 12.4 Å². The maximum absolute atomic E-state index is 12.2. The van der Waals surface area contributed by atoms with Crippen molar-refractivity contribution in [2.45, 2.75) is 18.4 Å². The van der Waals surface area contributed by atoms with E-state index in [4.69, 9.17) is 4.74 Å². The Bertz CT molecular complexity index is 539. The van der Waals surface area contributed by atoms with Crippen LogP contribution in [-0.4, -0.2) is 37.5 Å². The van der Waals surface area contributed by atoms with Gasteiger partial charge in [0.05, 0.1) is 7.11 Å². The van der Waals surface area contributed by atoms with Crippen LogP contribution in [0.15, 0.2) is 29.3 Å². The first-order valence-corrected chi connectivity index (χ1v) is 6.50. The third-order valence-corrected chi connectivity index (χ3v) is 3.75. The number of hydrogen-bond donors (Lipinski definition) is 2. The fraction of sp³-hybridized carbons (Fsp3) is 0.429. The fourth-order valence-corrected chi connectivity index (χ4v) is 2.60. The predicted molar refractivity (Wildman–Crippen MR) is 79.8 cm³/mol. The number of piperidine rings is 1. The normalized spacial score (nSPS) is 20.1. The minimum Gasteiger partial charge on any atom is -0.497 e. The van der Waals surface area contributed by atoms with Crippen molar-refractivity contribution in [3.8, 4) is 5.75 Å². The number of carbonyl (C=O) groups excluding carboxylic acids is 1. The van der Waals surface area contributed by atoms with Gasteiger partial charge in [0, 0.05) is 5.56 Å². The molecule has 1 saturated heterocycles. The summed E-state index contributed by atoms with van der Waals surface area (Å²) in [4.78, 5) is 16.9. The van der Waals surface area contributed by atoms with E-state index in [9.17, 15) is 4.79 Å². The van der Waals surface area contributed by atoms with Gasteiger partial charge in [0.25, 0.3) is 5.91 Å². The van der Waals surface area contributed by atoms with Gasteiger partial charge in [-0.1, -0.05) is 12.1 Å². The van der Waals surface area contributed by atoms with E-state index in [1.165, 1.54) is 0 Å². The molecule has 0 aliphatic carbocycles. The molecule has 0 aromatic heterocycles. The average Bonchev–Trinajstić information content (AvgIpc) is 2.77. The Kier molecular flexibility index (Phi) is 4.30. The fourth-order valence-electron chi connectivity index (χ4n) is 2.60. The Balaban J connectivity index is 0.00000147. The van der Waals surface area contributed by atoms with Crippen LogP contribution in [0.3, 0.4) is 0 Å². The van der Waals surface area contributed by atoms with Crippen LogP contribution in [0.5, 0.6) is 5.75 Å². The van der Waals surface area contributed by atoms with Gasteiger partial charge in [0.15, 0.2) is 0 Å². The van der Waals surface area contributed by atoms with Crippen LogP contribution in [0, 0.1) is 0 Å². The van der Waals surface area contributed by atoms with Crippen molar-refractivity contribution in [2.75, 3.05) is 20.2 Å². The van der Waals surface area contributed by atoms with Crippen molar-refractivity contribution < 1.29 is 9.53 Å². The van der Waals surface area contributed by atoms with Gasteiger partial charge < -0.3 is 15.4 Å². The monoisotopic (exact) mass is 295 g/mol. The highest BCUT2D eigenvalue weighted by atomic mass is 35.5. The highest BCUT2D eigenvalue weighted by Crippen LogP contribution is 2.28. The molecule has 2 heterocycles. The highest BCUT2D eigenvalue weighted by molar-refractivity contribution is 6.15. The van der Waals surface area contributed by atoms with Crippen molar-refractivity contribution in [1.29, 1.82) is 0 Å². The minimum atomic E-state index is -0.566. The minimum absolute atomic E-state index is 0. The molecule has 1 aromatic rings. The molecule has 0 radical (unpaired) electrons. The quantitative estimate of drug-likeness (QED) is 0.859. The molecule has 0 saturated carbocycles. The molecule has 1 aromatic carbocycles. The number of hydrogen-bond acceptors (Lipinski definition) is 4. The van der Waals surface area contributed by atoms with E-state index >= 15 is 0 Å². The van der Waals surface area contributed by atoms with E-state index in [-0.39, 0.29) is 18.3 Å². The third-order valence-electron chi connectivity index (χ3n) is 3.75. The zero-order chi connectivity index (χ0) is 13.3. The number of ether oxygens (including phenoxy) is 1. The number of amides is 1. The first-order valence-electron chi connectivity index (χ1n) is 6.50. The van der Waals surface area contributed by atoms with Crippen molar-refractivity contribution in [2.24, 2.45) is 4.99 Å². The van der Waals surface area contributed by atoms with Crippen LogP contribution in [0.1, 0.15) is 18.4 Å². The van der Waals surface area contributed by atoms with Gasteiger partial charge in [-0.05, 0) is 38.1 Å². The second-order valence-corrected chi connectivity index (χ2v) is 4.93. The van der Waals surface area contributed by atoms with Crippen LogP contribution in [0.25, 0.3) is 0 Å². The molecule has 1 spiro atoms. The van der Waals surface area contributed by atoms with E-state index in [1.54, 1.807) is 7.11 Å². The summed E-state index contributed by atoms with van der Waals surface area (Å²) in [7, 11) is 1.63. The Morgan fingerprint density at radius 2 is 2.05 bits per heavy atom. The van der Waals surface area contributed by atoms with E-state index < -0.39 is 5.54 Å². The van der Waals surface area contributed by atoms with Crippen molar-refractivity contribution in [3.05, 3.63) is 29.8 Å². The highest BCUT2D eigenvalue weighted by Gasteiger charge is 2.44. The van der Waals surface area contributed by atoms with Gasteiger partial charge in [-0.2, -0.15) is 0 Å². The van der Waals surface area contributed by atoms with Gasteiger partial charge in [-0.3, -0.25) is 9.79 Å². The standard InChI is InChI=1S/C14H17N3O2.ClH/c1-19-11-4-2-3-10(9-11)12-16-13(18)14(17-12)5-7-15-8-6-14;/h2-4,9,15H,5-8H2,1H3,(H,16,17,18);1H. The van der Waals surface area contributed by atoms with Gasteiger partial charge in [-0.25, -0.2) is 0 Å². The first kappa shape index (κ1) is 14.8. The first-order chi connectivity index (χ1) is 9.23. The maximum Gasteiger partial charge on any atom is 0.253 e. The number of nitrogens with one attached hydrogen (secondary N) is 2. The summed E-state index contributed by atoms with van der Waals surface area (Å²) in [6, 6.07) is 7.60. The molecular formula is C14H18ClN3O2. The smallest absolute Gasteiger partial charge is 0.253 e. The average molecular weight is 296 g/mol. The van der Waals surface area contributed by atoms with Crippen LogP contribution in [0.2, 0.25) is 0 Å². The Morgan fingerprint density at radius 1 is 1.30 bits per heavy atom. The summed E-state index contributed by atoms with van der Waals surface area (Å²) in [5.74, 6) is 1.44. The molecule has 108 valence electrons. The summed E-state index contributed by atoms with van der Waals surface area (Å²) < 4.78 is 5.20. The molecule has 1 fully saturated rings. The van der Waals surface area contributed by atoms with Crippen molar-refractivity contribution >= 4 is 24.1 Å². The predicted octanol–water partition coefficient (Wildman–Crippen LogP) is 1.12. The van der Waals surface area contributed by atoms with Crippen LogP contribution in [-0.2, 0) is 4.79 Å². The number of nitrogens with zero attached hydrogens (tertiary/aromatic N) is 1. The molecule has 2 N–H and O–H groups in total. The zero-order valence-electron chi connectivity index (χ0n) is 11.3. The summed E-state index contributed by atoms with van der Waals surface area (Å²) >= 11 is 0. The van der Waals surface area contributed by atoms with Gasteiger partial charge in [0.2, 0.25) is 0 Å². The van der Waals surface area contributed by atoms with Crippen LogP contribution in [0.4, 0.5) is 0 Å². The van der Waals surface area contributed by atoms with E-state index in [2.05, 4.69) is 15.6 Å². The second kappa shape index (κ2) is 5.81. The van der Waals surface area contributed by atoms with E-state index in [0.717, 1.165) is 37.2 Å². The Labute approximate surface area is 124 Å². The molecule has 6 heteroatoms. The SMILES string of the molecule is COc1cccc(C2=NC3(CCNCC3)C(=O)N2)c1.Cl. The molecule has 0 atom stereocenters. The van der Waals surface area contributed by atoms with Crippen molar-refractivity contribution in [1.82, 2.24) is 10.6 Å². The second-order valence-electron chi connectivity index (χ2n) is 4.93. The Morgan fingerprint density at radius 3 is 2.75 bits per heavy atom. The van der Waals surface area contributed by atoms with E-state index in [0.29, 0.717) is 5.84 Å². The number of aliphatic imine (C=N–C) groups is 1. The zero-order valence-corrected chi connectivity index (χ0v) is 12.1. The molecule has 20 heavy (non-hydrogen) atoms. The maximum atomic E-state index is 12.2. The molecule has 2 aliphatic rings. The molecule has 2 aliphatic heterocycles. The van der Waals surface area contributed by atoms with Gasteiger partial charge in [-0.15, -0.1) is 12.4 Å². The molecule has 0 bridgehead atoms. The summed E-state index contributed by atoms with van der Waals surface area (Å²) in [6.07, 6.45) is 1.51. The summed E-state index contributed by atoms with van der Waals surface area (Å²) in [6.45, 7) is 1.67. The lowest BCUT2D eigenvalue weighted by Gasteiger charge is -2.28. The largest absolute Gasteiger partial charge is 0.497 e. The molecule has 0 unspecified atom stereocenters. The lowest BCUT2D eigenvalue weighted by molar-refractivity contribution is -0.124. The van der Waals surface area contributed by atoms with E-state index in [1.807, 2.05) is 24.3 Å². The van der Waals surface area contributed by atoms with Crippen LogP contribution < -0.4 is 15.4 Å². The number of rotatable bonds is 2. The van der Waals surface area contributed by atoms with Gasteiger partial charge >= 0.3 is 0 Å². The third kappa shape index (κ3) is 2.51. The lowest BCUT2D eigenvalue weighted by atomic mass is 9.89. The number of methoxy groups -OCH3 is 1. The molecule has 5 nitrogen and oxygen atoms in total.